The molecule has 1 N–H and O–H groups in total. The largest absolute Gasteiger partial charge is 0.481 e. The molecule has 24 heavy (non-hydrogen) atoms. The lowest BCUT2D eigenvalue weighted by atomic mass is 9.97. The Hall–Kier alpha value is -1.79. The first-order chi connectivity index (χ1) is 11.3. The highest BCUT2D eigenvalue weighted by Gasteiger charge is 2.28. The molecule has 0 radical (unpaired) electrons. The van der Waals surface area contributed by atoms with E-state index in [1.807, 2.05) is 0 Å². The molecule has 0 atom stereocenters. The van der Waals surface area contributed by atoms with Crippen molar-refractivity contribution in [2.45, 2.75) is 12.8 Å². The predicted molar refractivity (Wildman–Crippen MR) is 90.4 cm³/mol. The van der Waals surface area contributed by atoms with Crippen molar-refractivity contribution < 1.29 is 19.5 Å². The second-order valence-electron chi connectivity index (χ2n) is 5.78. The topological polar surface area (TPSA) is 77.9 Å². The number of carbonyl (C=O) groups excluding carboxylic acids is 2. The average Bonchev–Trinajstić information content (AvgIpc) is 2.56. The Balaban J connectivity index is 1.92. The van der Waals surface area contributed by atoms with Crippen molar-refractivity contribution in [2.75, 3.05) is 26.7 Å². The molecule has 2 rings (SSSR count). The van der Waals surface area contributed by atoms with Gasteiger partial charge in [-0.3, -0.25) is 14.4 Å². The first kappa shape index (κ1) is 18.5. The van der Waals surface area contributed by atoms with Crippen molar-refractivity contribution in [3.8, 4) is 0 Å². The van der Waals surface area contributed by atoms with Crippen LogP contribution in [-0.2, 0) is 9.59 Å². The quantitative estimate of drug-likeness (QED) is 0.879. The summed E-state index contributed by atoms with van der Waals surface area (Å²) in [6.45, 7) is 0.714. The minimum Gasteiger partial charge on any atom is -0.481 e. The Morgan fingerprint density at radius 1 is 1.21 bits per heavy atom. The number of likely N-dealkylation sites (tertiary alicyclic amines) is 1. The van der Waals surface area contributed by atoms with Gasteiger partial charge in [0.15, 0.2) is 0 Å². The summed E-state index contributed by atoms with van der Waals surface area (Å²) in [5.41, 5.74) is 0.351. The molecule has 1 aromatic carbocycles. The fourth-order valence-electron chi connectivity index (χ4n) is 2.60. The Labute approximate surface area is 149 Å². The molecule has 1 aliphatic rings. The van der Waals surface area contributed by atoms with Crippen LogP contribution in [0.5, 0.6) is 0 Å². The minimum atomic E-state index is -0.825. The van der Waals surface area contributed by atoms with E-state index in [4.69, 9.17) is 28.3 Å². The van der Waals surface area contributed by atoms with Crippen LogP contribution in [0, 0.1) is 5.92 Å². The van der Waals surface area contributed by atoms with Gasteiger partial charge in [0.25, 0.3) is 5.91 Å². The average molecular weight is 373 g/mol. The van der Waals surface area contributed by atoms with Crippen LogP contribution in [0.4, 0.5) is 0 Å². The van der Waals surface area contributed by atoms with Crippen LogP contribution in [0.3, 0.4) is 0 Å². The van der Waals surface area contributed by atoms with E-state index in [9.17, 15) is 14.4 Å². The second-order valence-corrected chi connectivity index (χ2v) is 6.60. The van der Waals surface area contributed by atoms with E-state index in [2.05, 4.69) is 0 Å². The zero-order valence-corrected chi connectivity index (χ0v) is 14.7. The Kier molecular flexibility index (Phi) is 6.07. The molecule has 2 amide bonds. The molecule has 1 fully saturated rings. The van der Waals surface area contributed by atoms with Crippen molar-refractivity contribution in [3.05, 3.63) is 33.8 Å². The molecule has 0 bridgehead atoms. The number of carbonyl (C=O) groups is 3. The van der Waals surface area contributed by atoms with Gasteiger partial charge in [-0.15, -0.1) is 0 Å². The lowest BCUT2D eigenvalue weighted by Crippen LogP contribution is -2.45. The summed E-state index contributed by atoms with van der Waals surface area (Å²) < 4.78 is 0. The fourth-order valence-corrected chi connectivity index (χ4v) is 2.90. The summed E-state index contributed by atoms with van der Waals surface area (Å²) in [5, 5.41) is 9.60. The number of halogens is 2. The van der Waals surface area contributed by atoms with Gasteiger partial charge in [0, 0.05) is 25.7 Å². The van der Waals surface area contributed by atoms with Crippen LogP contribution in [0.15, 0.2) is 18.2 Å². The van der Waals surface area contributed by atoms with Gasteiger partial charge >= 0.3 is 5.97 Å². The molecule has 0 aliphatic carbocycles. The van der Waals surface area contributed by atoms with Gasteiger partial charge in [-0.25, -0.2) is 0 Å². The minimum absolute atomic E-state index is 0.0726. The maximum absolute atomic E-state index is 12.3. The number of carboxylic acid groups (broad SMARTS) is 1. The molecule has 0 spiro atoms. The maximum atomic E-state index is 12.3. The van der Waals surface area contributed by atoms with Crippen LogP contribution >= 0.6 is 23.2 Å². The Bertz CT molecular complexity index is 657. The number of piperidine rings is 1. The number of carboxylic acids is 1. The van der Waals surface area contributed by atoms with E-state index in [1.165, 1.54) is 24.1 Å². The van der Waals surface area contributed by atoms with Crippen molar-refractivity contribution in [2.24, 2.45) is 5.92 Å². The number of benzene rings is 1. The van der Waals surface area contributed by atoms with Gasteiger partial charge in [-0.2, -0.15) is 0 Å². The molecular formula is C16H18Cl2N2O4. The molecular weight excluding hydrogens is 355 g/mol. The second kappa shape index (κ2) is 7.85. The van der Waals surface area contributed by atoms with Crippen molar-refractivity contribution >= 4 is 41.0 Å². The van der Waals surface area contributed by atoms with Gasteiger partial charge in [0.2, 0.25) is 5.91 Å². The zero-order chi connectivity index (χ0) is 17.9. The van der Waals surface area contributed by atoms with E-state index < -0.39 is 11.9 Å². The highest BCUT2D eigenvalue weighted by Crippen LogP contribution is 2.23. The number of rotatable bonds is 4. The van der Waals surface area contributed by atoms with E-state index in [0.29, 0.717) is 36.5 Å². The lowest BCUT2D eigenvalue weighted by Gasteiger charge is -2.31. The monoisotopic (exact) mass is 372 g/mol. The Morgan fingerprint density at radius 3 is 2.38 bits per heavy atom. The first-order valence-corrected chi connectivity index (χ1v) is 8.26. The SMILES string of the molecule is CN(CC(=O)N1CCC(C(=O)O)CC1)C(=O)c1ccc(Cl)c(Cl)c1. The molecule has 130 valence electrons. The van der Waals surface area contributed by atoms with E-state index in [-0.39, 0.29) is 23.4 Å². The molecule has 1 aromatic rings. The van der Waals surface area contributed by atoms with Crippen molar-refractivity contribution in [1.29, 1.82) is 0 Å². The zero-order valence-electron chi connectivity index (χ0n) is 13.2. The maximum Gasteiger partial charge on any atom is 0.306 e. The molecule has 1 heterocycles. The summed E-state index contributed by atoms with van der Waals surface area (Å²) in [7, 11) is 1.53. The van der Waals surface area contributed by atoms with Gasteiger partial charge in [-0.05, 0) is 31.0 Å². The molecule has 0 aromatic heterocycles. The molecule has 1 aliphatic heterocycles. The van der Waals surface area contributed by atoms with Gasteiger partial charge in [0.05, 0.1) is 22.5 Å². The summed E-state index contributed by atoms with van der Waals surface area (Å²) in [6, 6.07) is 4.55. The summed E-state index contributed by atoms with van der Waals surface area (Å²) in [6.07, 6.45) is 0.872. The number of aliphatic carboxylic acids is 1. The third-order valence-electron chi connectivity index (χ3n) is 4.08. The summed E-state index contributed by atoms with van der Waals surface area (Å²) >= 11 is 11.7. The summed E-state index contributed by atoms with van der Waals surface area (Å²) in [4.78, 5) is 38.5. The number of hydrogen-bond acceptors (Lipinski definition) is 3. The molecule has 0 unspecified atom stereocenters. The highest BCUT2D eigenvalue weighted by molar-refractivity contribution is 6.42. The van der Waals surface area contributed by atoms with Crippen LogP contribution in [0.1, 0.15) is 23.2 Å². The molecule has 1 saturated heterocycles. The third kappa shape index (κ3) is 4.39. The highest BCUT2D eigenvalue weighted by atomic mass is 35.5. The van der Waals surface area contributed by atoms with Crippen LogP contribution < -0.4 is 0 Å². The van der Waals surface area contributed by atoms with Crippen molar-refractivity contribution in [1.82, 2.24) is 9.80 Å². The third-order valence-corrected chi connectivity index (χ3v) is 4.82. The van der Waals surface area contributed by atoms with Crippen LogP contribution in [-0.4, -0.2) is 59.4 Å². The first-order valence-electron chi connectivity index (χ1n) is 7.50. The normalized spacial score (nSPS) is 15.2. The van der Waals surface area contributed by atoms with Gasteiger partial charge in [-0.1, -0.05) is 23.2 Å². The number of amides is 2. The van der Waals surface area contributed by atoms with E-state index in [0.717, 1.165) is 0 Å². The van der Waals surface area contributed by atoms with E-state index in [1.54, 1.807) is 11.0 Å². The summed E-state index contributed by atoms with van der Waals surface area (Å²) in [5.74, 6) is -1.75. The molecule has 8 heteroatoms. The van der Waals surface area contributed by atoms with Gasteiger partial charge < -0.3 is 14.9 Å². The van der Waals surface area contributed by atoms with Gasteiger partial charge in [0.1, 0.15) is 0 Å². The van der Waals surface area contributed by atoms with Crippen molar-refractivity contribution in [3.63, 3.8) is 0 Å². The van der Waals surface area contributed by atoms with Crippen LogP contribution in [0.25, 0.3) is 0 Å². The number of hydrogen-bond donors (Lipinski definition) is 1. The van der Waals surface area contributed by atoms with E-state index >= 15 is 0 Å². The molecule has 6 nitrogen and oxygen atoms in total. The number of nitrogens with zero attached hydrogens (tertiary/aromatic N) is 2. The Morgan fingerprint density at radius 2 is 1.83 bits per heavy atom. The standard InChI is InChI=1S/C16H18Cl2N2O4/c1-19(15(22)11-2-3-12(17)13(18)8-11)9-14(21)20-6-4-10(5-7-20)16(23)24/h2-3,8,10H,4-7,9H2,1H3,(H,23,24). The smallest absolute Gasteiger partial charge is 0.306 e. The number of likely N-dealkylation sites (N-methyl/N-ethyl adjacent to an activating group) is 1. The van der Waals surface area contributed by atoms with Crippen LogP contribution in [0.2, 0.25) is 10.0 Å². The lowest BCUT2D eigenvalue weighted by molar-refractivity contribution is -0.145. The fraction of sp³-hybridized carbons (Fsp3) is 0.438. The predicted octanol–water partition coefficient (Wildman–Crippen LogP) is 2.39. The molecule has 0 saturated carbocycles.